The number of likely N-dealkylation sites (N-methyl/N-ethyl adjacent to an activating group) is 1. The normalized spacial score (nSPS) is 18.9. The molecule has 2 aromatic rings. The fourth-order valence-corrected chi connectivity index (χ4v) is 3.73. The molecule has 2 unspecified atom stereocenters. The van der Waals surface area contributed by atoms with Crippen LogP contribution in [0.3, 0.4) is 0 Å². The van der Waals surface area contributed by atoms with E-state index in [1.807, 2.05) is 42.3 Å². The number of guanidine groups is 1. The molecule has 2 atom stereocenters. The highest BCUT2D eigenvalue weighted by molar-refractivity contribution is 5.85. The van der Waals surface area contributed by atoms with Gasteiger partial charge in [0.05, 0.1) is 12.3 Å². The lowest BCUT2D eigenvalue weighted by Gasteiger charge is -2.26. The first-order chi connectivity index (χ1) is 15.0. The first kappa shape index (κ1) is 22.4. The minimum Gasteiger partial charge on any atom is -0.469 e. The predicted octanol–water partition coefficient (Wildman–Crippen LogP) is 1.67. The molecule has 1 aliphatic heterocycles. The minimum atomic E-state index is -0.0786. The van der Waals surface area contributed by atoms with Gasteiger partial charge < -0.3 is 24.9 Å². The molecule has 166 valence electrons. The molecule has 8 nitrogen and oxygen atoms in total. The number of hydrogen-bond acceptors (Lipinski definition) is 4. The monoisotopic (exact) mass is 425 g/mol. The number of furan rings is 1. The number of nitrogens with zero attached hydrogens (tertiary/aromatic N) is 3. The Balaban J connectivity index is 1.65. The standard InChI is InChI=1S/C23H31N5O3/c1-27(2)21(30)16-26-23(24-12-11-19-10-7-13-31-19)25-15-18-14-20(29)28(3)22(18)17-8-5-4-6-9-17/h4-10,13,18,22H,11-12,14-16H2,1-3H3,(H2,24,25,26). The first-order valence-corrected chi connectivity index (χ1v) is 10.5. The molecule has 2 amide bonds. The zero-order valence-corrected chi connectivity index (χ0v) is 18.4. The lowest BCUT2D eigenvalue weighted by Crippen LogP contribution is -2.42. The summed E-state index contributed by atoms with van der Waals surface area (Å²) < 4.78 is 5.37. The zero-order chi connectivity index (χ0) is 22.2. The van der Waals surface area contributed by atoms with Crippen molar-refractivity contribution in [2.75, 3.05) is 40.8 Å². The third kappa shape index (κ3) is 6.10. The van der Waals surface area contributed by atoms with Crippen LogP contribution in [0.4, 0.5) is 0 Å². The molecular weight excluding hydrogens is 394 g/mol. The summed E-state index contributed by atoms with van der Waals surface area (Å²) in [6.45, 7) is 1.23. The minimum absolute atomic E-state index is 0.00831. The Morgan fingerprint density at radius 1 is 1.19 bits per heavy atom. The fraction of sp³-hybridized carbons (Fsp3) is 0.435. The molecule has 8 heteroatoms. The highest BCUT2D eigenvalue weighted by Gasteiger charge is 2.38. The molecule has 2 heterocycles. The van der Waals surface area contributed by atoms with Gasteiger partial charge in [-0.05, 0) is 17.7 Å². The molecule has 1 aromatic carbocycles. The predicted molar refractivity (Wildman–Crippen MR) is 119 cm³/mol. The summed E-state index contributed by atoms with van der Waals surface area (Å²) in [6.07, 6.45) is 2.82. The third-order valence-electron chi connectivity index (χ3n) is 5.48. The summed E-state index contributed by atoms with van der Waals surface area (Å²) in [7, 11) is 5.27. The average molecular weight is 426 g/mol. The van der Waals surface area contributed by atoms with Crippen LogP contribution in [-0.4, -0.2) is 68.4 Å². The van der Waals surface area contributed by atoms with E-state index < -0.39 is 0 Å². The summed E-state index contributed by atoms with van der Waals surface area (Å²) in [5, 5.41) is 6.60. The van der Waals surface area contributed by atoms with Crippen molar-refractivity contribution in [3.63, 3.8) is 0 Å². The Labute approximate surface area is 183 Å². The van der Waals surface area contributed by atoms with E-state index in [0.29, 0.717) is 31.9 Å². The third-order valence-corrected chi connectivity index (χ3v) is 5.48. The van der Waals surface area contributed by atoms with Gasteiger partial charge in [-0.3, -0.25) is 9.59 Å². The number of nitrogens with one attached hydrogen (secondary N) is 2. The highest BCUT2D eigenvalue weighted by atomic mass is 16.3. The van der Waals surface area contributed by atoms with E-state index in [-0.39, 0.29) is 30.3 Å². The number of likely N-dealkylation sites (tertiary alicyclic amines) is 1. The number of amides is 2. The van der Waals surface area contributed by atoms with Gasteiger partial charge in [-0.25, -0.2) is 4.99 Å². The zero-order valence-electron chi connectivity index (χ0n) is 18.4. The molecule has 0 bridgehead atoms. The summed E-state index contributed by atoms with van der Waals surface area (Å²) >= 11 is 0. The molecule has 0 spiro atoms. The Morgan fingerprint density at radius 2 is 1.97 bits per heavy atom. The van der Waals surface area contributed by atoms with Gasteiger partial charge >= 0.3 is 0 Å². The molecule has 1 aliphatic rings. The Morgan fingerprint density at radius 3 is 2.65 bits per heavy atom. The summed E-state index contributed by atoms with van der Waals surface area (Å²) in [5.41, 5.74) is 1.12. The molecule has 1 fully saturated rings. The number of benzene rings is 1. The van der Waals surface area contributed by atoms with Crippen molar-refractivity contribution in [3.8, 4) is 0 Å². The van der Waals surface area contributed by atoms with Gasteiger partial charge in [0.2, 0.25) is 11.8 Å². The smallest absolute Gasteiger partial charge is 0.243 e. The lowest BCUT2D eigenvalue weighted by molar-refractivity contribution is -0.128. The molecule has 31 heavy (non-hydrogen) atoms. The van der Waals surface area contributed by atoms with E-state index in [9.17, 15) is 9.59 Å². The maximum absolute atomic E-state index is 12.4. The second-order valence-electron chi connectivity index (χ2n) is 7.91. The highest BCUT2D eigenvalue weighted by Crippen LogP contribution is 2.36. The van der Waals surface area contributed by atoms with Gasteiger partial charge in [-0.1, -0.05) is 30.3 Å². The van der Waals surface area contributed by atoms with Gasteiger partial charge in [0.25, 0.3) is 0 Å². The van der Waals surface area contributed by atoms with Gasteiger partial charge in [0.15, 0.2) is 5.96 Å². The lowest BCUT2D eigenvalue weighted by atomic mass is 9.94. The molecule has 1 aromatic heterocycles. The fourth-order valence-electron chi connectivity index (χ4n) is 3.73. The number of carbonyl (C=O) groups is 2. The quantitative estimate of drug-likeness (QED) is 0.496. The maximum atomic E-state index is 12.4. The van der Waals surface area contributed by atoms with Crippen LogP contribution in [0, 0.1) is 5.92 Å². The van der Waals surface area contributed by atoms with E-state index in [2.05, 4.69) is 27.8 Å². The van der Waals surface area contributed by atoms with E-state index in [0.717, 1.165) is 11.3 Å². The number of carbonyl (C=O) groups excluding carboxylic acids is 2. The van der Waals surface area contributed by atoms with Crippen LogP contribution in [-0.2, 0) is 16.0 Å². The van der Waals surface area contributed by atoms with Gasteiger partial charge in [-0.15, -0.1) is 0 Å². The van der Waals surface area contributed by atoms with Crippen LogP contribution in [0.1, 0.15) is 23.8 Å². The number of rotatable bonds is 8. The van der Waals surface area contributed by atoms with Crippen LogP contribution >= 0.6 is 0 Å². The second-order valence-corrected chi connectivity index (χ2v) is 7.91. The summed E-state index contributed by atoms with van der Waals surface area (Å²) in [4.78, 5) is 32.2. The molecule has 3 rings (SSSR count). The molecule has 0 saturated carbocycles. The molecule has 2 N–H and O–H groups in total. The number of hydrogen-bond donors (Lipinski definition) is 2. The van der Waals surface area contributed by atoms with Gasteiger partial charge in [-0.2, -0.15) is 0 Å². The van der Waals surface area contributed by atoms with Crippen LogP contribution in [0.25, 0.3) is 0 Å². The van der Waals surface area contributed by atoms with E-state index >= 15 is 0 Å². The van der Waals surface area contributed by atoms with E-state index in [1.165, 1.54) is 4.90 Å². The van der Waals surface area contributed by atoms with Crippen molar-refractivity contribution in [1.29, 1.82) is 0 Å². The maximum Gasteiger partial charge on any atom is 0.243 e. The summed E-state index contributed by atoms with van der Waals surface area (Å²) in [6, 6.07) is 13.9. The number of aliphatic imine (C=N–C) groups is 1. The van der Waals surface area contributed by atoms with Crippen molar-refractivity contribution in [3.05, 3.63) is 60.1 Å². The average Bonchev–Trinajstić information content (AvgIpc) is 3.38. The molecule has 0 radical (unpaired) electrons. The van der Waals surface area contributed by atoms with E-state index in [1.54, 1.807) is 20.4 Å². The van der Waals surface area contributed by atoms with Crippen molar-refractivity contribution in [1.82, 2.24) is 20.4 Å². The van der Waals surface area contributed by atoms with Crippen molar-refractivity contribution in [2.24, 2.45) is 10.9 Å². The van der Waals surface area contributed by atoms with E-state index in [4.69, 9.17) is 4.42 Å². The van der Waals surface area contributed by atoms with Crippen LogP contribution < -0.4 is 10.6 Å². The van der Waals surface area contributed by atoms with Crippen LogP contribution in [0.2, 0.25) is 0 Å². The topological polar surface area (TPSA) is 90.2 Å². The molecule has 0 aliphatic carbocycles. The molecular formula is C23H31N5O3. The Kier molecular flexibility index (Phi) is 7.70. The SMILES string of the molecule is CN(C)C(=O)CN=C(NCCc1ccco1)NCC1CC(=O)N(C)C1c1ccccc1. The van der Waals surface area contributed by atoms with Gasteiger partial charge in [0.1, 0.15) is 12.3 Å². The van der Waals surface area contributed by atoms with Crippen LogP contribution in [0.15, 0.2) is 58.1 Å². The van der Waals surface area contributed by atoms with Crippen molar-refractivity contribution >= 4 is 17.8 Å². The second kappa shape index (κ2) is 10.7. The van der Waals surface area contributed by atoms with Crippen molar-refractivity contribution < 1.29 is 14.0 Å². The first-order valence-electron chi connectivity index (χ1n) is 10.5. The Hall–Kier alpha value is -3.29. The summed E-state index contributed by atoms with van der Waals surface area (Å²) in [5.74, 6) is 1.58. The van der Waals surface area contributed by atoms with Gasteiger partial charge in [0, 0.05) is 53.0 Å². The molecule has 1 saturated heterocycles. The van der Waals surface area contributed by atoms with Crippen LogP contribution in [0.5, 0.6) is 0 Å². The van der Waals surface area contributed by atoms with Crippen molar-refractivity contribution in [2.45, 2.75) is 18.9 Å². The largest absolute Gasteiger partial charge is 0.469 e. The Bertz CT molecular complexity index is 880.